The molecule has 2 nitrogen and oxygen atoms in total. The molecule has 0 atom stereocenters. The Morgan fingerprint density at radius 3 is 2.71 bits per heavy atom. The Morgan fingerprint density at radius 1 is 1.50 bits per heavy atom. The number of benzene rings is 1. The van der Waals surface area contributed by atoms with Gasteiger partial charge >= 0.3 is 0 Å². The van der Waals surface area contributed by atoms with E-state index < -0.39 is 0 Å². The maximum atomic E-state index is 5.49. The molecule has 0 bridgehead atoms. The SMILES string of the molecule is C=C(CCN)c1ccc(OC)cc1C. The van der Waals surface area contributed by atoms with Crippen molar-refractivity contribution in [1.82, 2.24) is 0 Å². The Bertz CT molecular complexity index is 331. The van der Waals surface area contributed by atoms with Crippen molar-refractivity contribution in [2.75, 3.05) is 13.7 Å². The van der Waals surface area contributed by atoms with Crippen molar-refractivity contribution in [3.05, 3.63) is 35.9 Å². The number of aryl methyl sites for hydroxylation is 1. The van der Waals surface area contributed by atoms with Crippen LogP contribution < -0.4 is 10.5 Å². The molecule has 0 fully saturated rings. The third-order valence-corrected chi connectivity index (χ3v) is 2.26. The van der Waals surface area contributed by atoms with Crippen molar-refractivity contribution in [2.24, 2.45) is 5.73 Å². The number of nitrogens with two attached hydrogens (primary N) is 1. The Hall–Kier alpha value is -1.28. The van der Waals surface area contributed by atoms with Crippen molar-refractivity contribution in [2.45, 2.75) is 13.3 Å². The molecule has 0 radical (unpaired) electrons. The molecular weight excluding hydrogens is 174 g/mol. The van der Waals surface area contributed by atoms with E-state index in [9.17, 15) is 0 Å². The zero-order valence-electron chi connectivity index (χ0n) is 8.84. The van der Waals surface area contributed by atoms with Gasteiger partial charge in [-0.25, -0.2) is 0 Å². The van der Waals surface area contributed by atoms with E-state index in [1.807, 2.05) is 18.2 Å². The molecule has 1 aromatic carbocycles. The van der Waals surface area contributed by atoms with E-state index in [0.29, 0.717) is 6.54 Å². The van der Waals surface area contributed by atoms with E-state index in [1.54, 1.807) is 7.11 Å². The quantitative estimate of drug-likeness (QED) is 0.793. The molecule has 0 aromatic heterocycles. The first-order valence-electron chi connectivity index (χ1n) is 4.72. The van der Waals surface area contributed by atoms with Gasteiger partial charge in [-0.1, -0.05) is 12.6 Å². The molecule has 0 aliphatic carbocycles. The second kappa shape index (κ2) is 4.82. The fourth-order valence-electron chi connectivity index (χ4n) is 1.47. The van der Waals surface area contributed by atoms with Crippen LogP contribution >= 0.6 is 0 Å². The molecule has 0 saturated carbocycles. The van der Waals surface area contributed by atoms with Crippen LogP contribution in [0.5, 0.6) is 5.75 Å². The molecule has 0 heterocycles. The Labute approximate surface area is 85.4 Å². The molecule has 1 aromatic rings. The minimum absolute atomic E-state index is 0.643. The predicted octanol–water partition coefficient (Wildman–Crippen LogP) is 2.37. The Kier molecular flexibility index (Phi) is 3.72. The van der Waals surface area contributed by atoms with Crippen LogP contribution in [0.25, 0.3) is 5.57 Å². The van der Waals surface area contributed by atoms with Crippen molar-refractivity contribution < 1.29 is 4.74 Å². The molecule has 1 rings (SSSR count). The second-order valence-electron chi connectivity index (χ2n) is 3.32. The van der Waals surface area contributed by atoms with E-state index in [1.165, 1.54) is 11.1 Å². The third-order valence-electron chi connectivity index (χ3n) is 2.26. The summed E-state index contributed by atoms with van der Waals surface area (Å²) in [6.07, 6.45) is 0.840. The summed E-state index contributed by atoms with van der Waals surface area (Å²) in [5.41, 5.74) is 8.94. The first-order chi connectivity index (χ1) is 6.69. The highest BCUT2D eigenvalue weighted by Gasteiger charge is 2.03. The maximum Gasteiger partial charge on any atom is 0.119 e. The molecule has 0 amide bonds. The number of methoxy groups -OCH3 is 1. The van der Waals surface area contributed by atoms with Crippen LogP contribution in [0.4, 0.5) is 0 Å². The van der Waals surface area contributed by atoms with E-state index in [2.05, 4.69) is 13.5 Å². The average molecular weight is 191 g/mol. The maximum absolute atomic E-state index is 5.49. The molecule has 2 N–H and O–H groups in total. The van der Waals surface area contributed by atoms with E-state index >= 15 is 0 Å². The summed E-state index contributed by atoms with van der Waals surface area (Å²) in [6.45, 7) is 6.71. The monoisotopic (exact) mass is 191 g/mol. The van der Waals surface area contributed by atoms with Gasteiger partial charge in [0, 0.05) is 0 Å². The first kappa shape index (κ1) is 10.8. The Morgan fingerprint density at radius 2 is 2.21 bits per heavy atom. The van der Waals surface area contributed by atoms with Gasteiger partial charge in [-0.2, -0.15) is 0 Å². The topological polar surface area (TPSA) is 35.2 Å². The van der Waals surface area contributed by atoms with Crippen molar-refractivity contribution in [3.63, 3.8) is 0 Å². The molecule has 0 aliphatic rings. The number of hydrogen-bond acceptors (Lipinski definition) is 2. The minimum atomic E-state index is 0.643. The largest absolute Gasteiger partial charge is 0.497 e. The van der Waals surface area contributed by atoms with Crippen molar-refractivity contribution in [1.29, 1.82) is 0 Å². The predicted molar refractivity (Wildman–Crippen MR) is 60.4 cm³/mol. The van der Waals surface area contributed by atoms with Crippen LogP contribution in [0.3, 0.4) is 0 Å². The van der Waals surface area contributed by atoms with E-state index in [-0.39, 0.29) is 0 Å². The van der Waals surface area contributed by atoms with Crippen LogP contribution in [-0.4, -0.2) is 13.7 Å². The first-order valence-corrected chi connectivity index (χ1v) is 4.72. The zero-order chi connectivity index (χ0) is 10.6. The third kappa shape index (κ3) is 2.36. The average Bonchev–Trinajstić information content (AvgIpc) is 2.17. The lowest BCUT2D eigenvalue weighted by molar-refractivity contribution is 0.414. The summed E-state index contributed by atoms with van der Waals surface area (Å²) in [5, 5.41) is 0. The summed E-state index contributed by atoms with van der Waals surface area (Å²) in [4.78, 5) is 0. The number of hydrogen-bond donors (Lipinski definition) is 1. The smallest absolute Gasteiger partial charge is 0.119 e. The number of rotatable bonds is 4. The molecule has 0 spiro atoms. The molecule has 2 heteroatoms. The summed E-state index contributed by atoms with van der Waals surface area (Å²) in [6, 6.07) is 5.99. The van der Waals surface area contributed by atoms with Gasteiger partial charge < -0.3 is 10.5 Å². The zero-order valence-corrected chi connectivity index (χ0v) is 8.84. The van der Waals surface area contributed by atoms with Gasteiger partial charge in [0.15, 0.2) is 0 Å². The fraction of sp³-hybridized carbons (Fsp3) is 0.333. The summed E-state index contributed by atoms with van der Waals surface area (Å²) < 4.78 is 5.14. The highest BCUT2D eigenvalue weighted by molar-refractivity contribution is 5.67. The van der Waals surface area contributed by atoms with Crippen molar-refractivity contribution >= 4 is 5.57 Å². The van der Waals surface area contributed by atoms with E-state index in [4.69, 9.17) is 10.5 Å². The van der Waals surface area contributed by atoms with Gasteiger partial charge in [0.2, 0.25) is 0 Å². The normalized spacial score (nSPS) is 9.93. The van der Waals surface area contributed by atoms with Gasteiger partial charge in [0.1, 0.15) is 5.75 Å². The summed E-state index contributed by atoms with van der Waals surface area (Å²) in [5.74, 6) is 0.881. The van der Waals surface area contributed by atoms with Gasteiger partial charge in [0.05, 0.1) is 7.11 Å². The lowest BCUT2D eigenvalue weighted by Crippen LogP contribution is -2.00. The highest BCUT2D eigenvalue weighted by atomic mass is 16.5. The number of ether oxygens (including phenoxy) is 1. The Balaban J connectivity index is 2.94. The standard InChI is InChI=1S/C12H17NO/c1-9(6-7-13)12-5-4-11(14-3)8-10(12)2/h4-5,8H,1,6-7,13H2,2-3H3. The fourth-order valence-corrected chi connectivity index (χ4v) is 1.47. The molecule has 0 aliphatic heterocycles. The van der Waals surface area contributed by atoms with Gasteiger partial charge in [-0.05, 0) is 48.7 Å². The summed E-state index contributed by atoms with van der Waals surface area (Å²) >= 11 is 0. The van der Waals surface area contributed by atoms with Crippen molar-refractivity contribution in [3.8, 4) is 5.75 Å². The van der Waals surface area contributed by atoms with Gasteiger partial charge in [0.25, 0.3) is 0 Å². The molecule has 76 valence electrons. The lowest BCUT2D eigenvalue weighted by atomic mass is 9.99. The summed E-state index contributed by atoms with van der Waals surface area (Å²) in [7, 11) is 1.67. The van der Waals surface area contributed by atoms with Gasteiger partial charge in [-0.15, -0.1) is 0 Å². The second-order valence-corrected chi connectivity index (χ2v) is 3.32. The highest BCUT2D eigenvalue weighted by Crippen LogP contribution is 2.23. The van der Waals surface area contributed by atoms with Crippen LogP contribution in [-0.2, 0) is 0 Å². The van der Waals surface area contributed by atoms with Crippen LogP contribution in [0, 0.1) is 6.92 Å². The van der Waals surface area contributed by atoms with Crippen LogP contribution in [0.15, 0.2) is 24.8 Å². The van der Waals surface area contributed by atoms with Crippen LogP contribution in [0.2, 0.25) is 0 Å². The molecule has 14 heavy (non-hydrogen) atoms. The molecule has 0 unspecified atom stereocenters. The van der Waals surface area contributed by atoms with Gasteiger partial charge in [-0.3, -0.25) is 0 Å². The molecular formula is C12H17NO. The minimum Gasteiger partial charge on any atom is -0.497 e. The molecule has 0 saturated heterocycles. The lowest BCUT2D eigenvalue weighted by Gasteiger charge is -2.09. The van der Waals surface area contributed by atoms with Crippen LogP contribution in [0.1, 0.15) is 17.5 Å². The van der Waals surface area contributed by atoms with E-state index in [0.717, 1.165) is 17.7 Å².